The Balaban J connectivity index is 1.81. The summed E-state index contributed by atoms with van der Waals surface area (Å²) in [5.41, 5.74) is 2.87. The molecule has 2 aromatic carbocycles. The third-order valence-corrected chi connectivity index (χ3v) is 6.79. The summed E-state index contributed by atoms with van der Waals surface area (Å²) in [7, 11) is 3.04. The molecule has 8 heteroatoms. The van der Waals surface area contributed by atoms with Crippen molar-refractivity contribution in [3.8, 4) is 11.8 Å². The zero-order chi connectivity index (χ0) is 21.3. The minimum Gasteiger partial charge on any atom is -0.497 e. The molecule has 0 saturated carbocycles. The Morgan fingerprint density at radius 3 is 2.83 bits per heavy atom. The van der Waals surface area contributed by atoms with Crippen molar-refractivity contribution in [3.63, 3.8) is 0 Å². The van der Waals surface area contributed by atoms with Crippen LogP contribution in [0, 0.1) is 11.3 Å². The third kappa shape index (κ3) is 3.11. The summed E-state index contributed by atoms with van der Waals surface area (Å²) in [6.07, 6.45) is 0. The molecule has 0 N–H and O–H groups in total. The Morgan fingerprint density at radius 2 is 2.10 bits per heavy atom. The second kappa shape index (κ2) is 8.01. The van der Waals surface area contributed by atoms with Crippen LogP contribution in [0.25, 0.3) is 0 Å². The van der Waals surface area contributed by atoms with Crippen LogP contribution in [0.5, 0.6) is 5.75 Å². The fourth-order valence-corrected chi connectivity index (χ4v) is 5.53. The maximum atomic E-state index is 13.8. The first-order valence-corrected chi connectivity index (χ1v) is 10.5. The van der Waals surface area contributed by atoms with E-state index in [0.29, 0.717) is 30.2 Å². The number of rotatable bonds is 5. The van der Waals surface area contributed by atoms with Crippen molar-refractivity contribution < 1.29 is 19.1 Å². The SMILES string of the molecule is COCC(=O)N1CCSC12C(=O)N(Cc1cccc(C#N)c1)c1ccc(OC)cc12. The van der Waals surface area contributed by atoms with Gasteiger partial charge in [0.25, 0.3) is 5.91 Å². The van der Waals surface area contributed by atoms with Gasteiger partial charge in [-0.1, -0.05) is 12.1 Å². The lowest BCUT2D eigenvalue weighted by molar-refractivity contribution is -0.143. The van der Waals surface area contributed by atoms with Crippen molar-refractivity contribution >= 4 is 29.3 Å². The number of anilines is 1. The van der Waals surface area contributed by atoms with E-state index in [1.807, 2.05) is 24.3 Å². The molecule has 0 radical (unpaired) electrons. The van der Waals surface area contributed by atoms with E-state index in [4.69, 9.17) is 9.47 Å². The number of ether oxygens (including phenoxy) is 2. The van der Waals surface area contributed by atoms with E-state index < -0.39 is 4.87 Å². The second-order valence-electron chi connectivity index (χ2n) is 7.06. The molecular formula is C22H21N3O4S. The number of carbonyl (C=O) groups is 2. The molecule has 1 saturated heterocycles. The van der Waals surface area contributed by atoms with Crippen molar-refractivity contribution in [1.29, 1.82) is 5.26 Å². The van der Waals surface area contributed by atoms with Crippen molar-refractivity contribution in [1.82, 2.24) is 4.90 Å². The molecular weight excluding hydrogens is 402 g/mol. The Hall–Kier alpha value is -3.02. The van der Waals surface area contributed by atoms with Gasteiger partial charge in [0, 0.05) is 25.0 Å². The quantitative estimate of drug-likeness (QED) is 0.735. The third-order valence-electron chi connectivity index (χ3n) is 5.37. The normalized spacial score (nSPS) is 19.8. The smallest absolute Gasteiger partial charge is 0.268 e. The molecule has 1 atom stereocenters. The van der Waals surface area contributed by atoms with Crippen molar-refractivity contribution in [3.05, 3.63) is 59.2 Å². The lowest BCUT2D eigenvalue weighted by Crippen LogP contribution is -2.51. The zero-order valence-corrected chi connectivity index (χ0v) is 17.6. The maximum Gasteiger partial charge on any atom is 0.268 e. The highest BCUT2D eigenvalue weighted by atomic mass is 32.2. The van der Waals surface area contributed by atoms with Gasteiger partial charge in [-0.3, -0.25) is 9.59 Å². The van der Waals surface area contributed by atoms with Crippen molar-refractivity contribution in [2.24, 2.45) is 0 Å². The molecule has 7 nitrogen and oxygen atoms in total. The average Bonchev–Trinajstić information content (AvgIpc) is 3.31. The van der Waals surface area contributed by atoms with E-state index in [1.165, 1.54) is 18.9 Å². The lowest BCUT2D eigenvalue weighted by Gasteiger charge is -2.33. The molecule has 0 aliphatic carbocycles. The summed E-state index contributed by atoms with van der Waals surface area (Å²) in [5.74, 6) is 0.884. The number of nitrogens with zero attached hydrogens (tertiary/aromatic N) is 3. The summed E-state index contributed by atoms with van der Waals surface area (Å²) in [4.78, 5) is 28.8. The van der Waals surface area contributed by atoms with E-state index in [9.17, 15) is 14.9 Å². The van der Waals surface area contributed by atoms with Crippen LogP contribution in [-0.4, -0.2) is 49.8 Å². The molecule has 30 heavy (non-hydrogen) atoms. The van der Waals surface area contributed by atoms with E-state index in [2.05, 4.69) is 6.07 Å². The number of methoxy groups -OCH3 is 2. The first-order valence-electron chi connectivity index (χ1n) is 9.48. The summed E-state index contributed by atoms with van der Waals surface area (Å²) < 4.78 is 10.5. The molecule has 2 aliphatic rings. The molecule has 4 rings (SSSR count). The topological polar surface area (TPSA) is 82.9 Å². The number of carbonyl (C=O) groups excluding carboxylic acids is 2. The summed E-state index contributed by atoms with van der Waals surface area (Å²) in [5, 5.41) is 9.20. The number of thioether (sulfide) groups is 1. The van der Waals surface area contributed by atoms with Gasteiger partial charge in [-0.2, -0.15) is 5.26 Å². The molecule has 1 fully saturated rings. The van der Waals surface area contributed by atoms with Gasteiger partial charge in [-0.05, 0) is 35.9 Å². The first-order chi connectivity index (χ1) is 14.5. The second-order valence-corrected chi connectivity index (χ2v) is 8.35. The van der Waals surface area contributed by atoms with Crippen LogP contribution >= 0.6 is 11.8 Å². The van der Waals surface area contributed by atoms with E-state index >= 15 is 0 Å². The van der Waals surface area contributed by atoms with Crippen LogP contribution in [0.2, 0.25) is 0 Å². The number of nitriles is 1. The zero-order valence-electron chi connectivity index (χ0n) is 16.8. The molecule has 2 aromatic rings. The van der Waals surface area contributed by atoms with Crippen LogP contribution < -0.4 is 9.64 Å². The summed E-state index contributed by atoms with van der Waals surface area (Å²) >= 11 is 1.46. The Labute approximate surface area is 179 Å². The van der Waals surface area contributed by atoms with Crippen LogP contribution in [0.1, 0.15) is 16.7 Å². The van der Waals surface area contributed by atoms with Gasteiger partial charge >= 0.3 is 0 Å². The predicted molar refractivity (Wildman–Crippen MR) is 113 cm³/mol. The molecule has 2 aliphatic heterocycles. The fraction of sp³-hybridized carbons (Fsp3) is 0.318. The fourth-order valence-electron chi connectivity index (χ4n) is 4.06. The van der Waals surface area contributed by atoms with Crippen molar-refractivity contribution in [2.75, 3.05) is 38.0 Å². The number of hydrogen-bond donors (Lipinski definition) is 0. The van der Waals surface area contributed by atoms with Crippen LogP contribution in [0.4, 0.5) is 5.69 Å². The Bertz CT molecular complexity index is 1050. The highest BCUT2D eigenvalue weighted by Gasteiger charge is 2.59. The monoisotopic (exact) mass is 423 g/mol. The van der Waals surface area contributed by atoms with E-state index in [1.54, 1.807) is 35.1 Å². The Kier molecular flexibility index (Phi) is 5.41. The number of benzene rings is 2. The maximum absolute atomic E-state index is 13.8. The van der Waals surface area contributed by atoms with E-state index in [-0.39, 0.29) is 18.4 Å². The first kappa shape index (κ1) is 20.3. The van der Waals surface area contributed by atoms with Gasteiger partial charge in [0.15, 0.2) is 4.87 Å². The van der Waals surface area contributed by atoms with Gasteiger partial charge in [0.05, 0.1) is 31.0 Å². The van der Waals surface area contributed by atoms with Crippen LogP contribution in [0.3, 0.4) is 0 Å². The van der Waals surface area contributed by atoms with Gasteiger partial charge in [0.2, 0.25) is 5.91 Å². The predicted octanol–water partition coefficient (Wildman–Crippen LogP) is 2.49. The molecule has 0 bridgehead atoms. The van der Waals surface area contributed by atoms with E-state index in [0.717, 1.165) is 16.8 Å². The minimum absolute atomic E-state index is 0.0842. The van der Waals surface area contributed by atoms with Crippen molar-refractivity contribution in [2.45, 2.75) is 11.4 Å². The van der Waals surface area contributed by atoms with Crippen LogP contribution in [0.15, 0.2) is 42.5 Å². The largest absolute Gasteiger partial charge is 0.497 e. The van der Waals surface area contributed by atoms with Gasteiger partial charge in [0.1, 0.15) is 12.4 Å². The molecule has 2 heterocycles. The Morgan fingerprint density at radius 1 is 1.27 bits per heavy atom. The highest BCUT2D eigenvalue weighted by molar-refractivity contribution is 8.01. The number of fused-ring (bicyclic) bond motifs is 2. The summed E-state index contributed by atoms with van der Waals surface area (Å²) in [6, 6.07) is 14.8. The average molecular weight is 423 g/mol. The highest BCUT2D eigenvalue weighted by Crippen LogP contribution is 2.55. The standard InChI is InChI=1S/C22H21N3O4S/c1-28-14-20(26)25-8-9-30-22(25)18-11-17(29-2)6-7-19(18)24(21(22)27)13-16-5-3-4-15(10-16)12-23/h3-7,10-11H,8-9,13-14H2,1-2H3. The summed E-state index contributed by atoms with van der Waals surface area (Å²) in [6.45, 7) is 0.689. The van der Waals surface area contributed by atoms with Gasteiger partial charge in [-0.15, -0.1) is 11.8 Å². The molecule has 1 spiro atoms. The van der Waals surface area contributed by atoms with Gasteiger partial charge < -0.3 is 19.3 Å². The molecule has 0 aromatic heterocycles. The molecule has 154 valence electrons. The van der Waals surface area contributed by atoms with Gasteiger partial charge in [-0.25, -0.2) is 0 Å². The minimum atomic E-state index is -1.13. The lowest BCUT2D eigenvalue weighted by atomic mass is 10.1. The molecule has 2 amide bonds. The number of hydrogen-bond acceptors (Lipinski definition) is 6. The number of amides is 2. The van der Waals surface area contributed by atoms with Crippen LogP contribution in [-0.2, 0) is 25.7 Å². The molecule has 1 unspecified atom stereocenters.